The summed E-state index contributed by atoms with van der Waals surface area (Å²) < 4.78 is 65.0. The van der Waals surface area contributed by atoms with Gasteiger partial charge in [0.1, 0.15) is 29.8 Å². The summed E-state index contributed by atoms with van der Waals surface area (Å²) in [6.07, 6.45) is 0.622. The lowest BCUT2D eigenvalue weighted by molar-refractivity contribution is 0.157. The summed E-state index contributed by atoms with van der Waals surface area (Å²) in [6.45, 7) is 3.33. The minimum absolute atomic E-state index is 0.00188. The Bertz CT molecular complexity index is 1230. The molecule has 3 rings (SSSR count). The number of benzene rings is 1. The van der Waals surface area contributed by atoms with E-state index in [1.165, 1.54) is 4.57 Å². The number of imidazole rings is 1. The number of nitrogens with two attached hydrogens (primary N) is 1. The Balaban J connectivity index is 2.11. The molecule has 2 heterocycles. The van der Waals surface area contributed by atoms with Crippen molar-refractivity contribution in [3.63, 3.8) is 0 Å². The molecule has 176 valence electrons. The van der Waals surface area contributed by atoms with Crippen LogP contribution in [0.5, 0.6) is 5.75 Å². The Kier molecular flexibility index (Phi) is 7.26. The Morgan fingerprint density at radius 2 is 1.88 bits per heavy atom. The van der Waals surface area contributed by atoms with Crippen molar-refractivity contribution in [1.82, 2.24) is 14.5 Å². The van der Waals surface area contributed by atoms with Crippen LogP contribution in [0, 0.1) is 11.6 Å². The molecule has 1 amide bonds. The van der Waals surface area contributed by atoms with Crippen molar-refractivity contribution in [1.29, 1.82) is 0 Å². The fraction of sp³-hybridized carbons (Fsp3) is 0.286. The SMILES string of the molecule is CC(C)c1nc(CCOC(N)=O)n(Cc2ccccn2)c1S(=O)(=O)Oc1cc(F)cc(F)c1. The first-order valence-corrected chi connectivity index (χ1v) is 11.3. The van der Waals surface area contributed by atoms with Gasteiger partial charge in [-0.05, 0) is 18.1 Å². The number of halogens is 2. The summed E-state index contributed by atoms with van der Waals surface area (Å²) in [6, 6.07) is 7.25. The molecule has 0 radical (unpaired) electrons. The number of amides is 1. The van der Waals surface area contributed by atoms with Crippen LogP contribution in [-0.2, 0) is 27.8 Å². The predicted octanol–water partition coefficient (Wildman–Crippen LogP) is 3.13. The zero-order chi connectivity index (χ0) is 24.2. The van der Waals surface area contributed by atoms with Crippen LogP contribution in [0.15, 0.2) is 47.6 Å². The lowest BCUT2D eigenvalue weighted by Crippen LogP contribution is -2.20. The number of rotatable bonds is 9. The zero-order valence-electron chi connectivity index (χ0n) is 17.9. The van der Waals surface area contributed by atoms with Crippen molar-refractivity contribution < 1.29 is 30.9 Å². The van der Waals surface area contributed by atoms with Gasteiger partial charge < -0.3 is 19.2 Å². The molecule has 2 N–H and O–H groups in total. The molecule has 33 heavy (non-hydrogen) atoms. The number of hydrogen-bond donors (Lipinski definition) is 1. The molecule has 0 atom stereocenters. The van der Waals surface area contributed by atoms with E-state index in [1.807, 2.05) is 0 Å². The Morgan fingerprint density at radius 1 is 1.18 bits per heavy atom. The van der Waals surface area contributed by atoms with Crippen molar-refractivity contribution >= 4 is 16.2 Å². The van der Waals surface area contributed by atoms with Gasteiger partial charge in [0.05, 0.1) is 17.9 Å². The second-order valence-electron chi connectivity index (χ2n) is 7.34. The minimum Gasteiger partial charge on any atom is -0.449 e. The van der Waals surface area contributed by atoms with Crippen molar-refractivity contribution in [2.45, 2.75) is 37.8 Å². The Morgan fingerprint density at radius 3 is 2.45 bits per heavy atom. The molecule has 0 saturated heterocycles. The normalized spacial score (nSPS) is 11.5. The predicted molar refractivity (Wildman–Crippen MR) is 113 cm³/mol. The van der Waals surface area contributed by atoms with Gasteiger partial charge in [0.15, 0.2) is 5.03 Å². The molecule has 0 saturated carbocycles. The fourth-order valence-electron chi connectivity index (χ4n) is 3.14. The Hall–Kier alpha value is -3.54. The van der Waals surface area contributed by atoms with E-state index in [-0.39, 0.29) is 42.0 Å². The highest BCUT2D eigenvalue weighted by Gasteiger charge is 2.32. The van der Waals surface area contributed by atoms with Gasteiger partial charge in [0.25, 0.3) is 0 Å². The quantitative estimate of drug-likeness (QED) is 0.466. The van der Waals surface area contributed by atoms with Crippen LogP contribution in [0.25, 0.3) is 0 Å². The van der Waals surface area contributed by atoms with E-state index in [4.69, 9.17) is 14.7 Å². The molecular weight excluding hydrogens is 458 g/mol. The summed E-state index contributed by atoms with van der Waals surface area (Å²) in [5, 5.41) is -0.290. The lowest BCUT2D eigenvalue weighted by atomic mass is 10.1. The van der Waals surface area contributed by atoms with E-state index in [1.54, 1.807) is 38.2 Å². The number of carbonyl (C=O) groups excluding carboxylic acids is 1. The van der Waals surface area contributed by atoms with E-state index in [0.29, 0.717) is 11.8 Å². The molecule has 0 bridgehead atoms. The van der Waals surface area contributed by atoms with Crippen molar-refractivity contribution in [2.24, 2.45) is 5.73 Å². The summed E-state index contributed by atoms with van der Waals surface area (Å²) in [4.78, 5) is 19.6. The van der Waals surface area contributed by atoms with E-state index in [2.05, 4.69) is 9.97 Å². The molecule has 0 aliphatic rings. The molecule has 12 heteroatoms. The number of primary amides is 1. The number of carbonyl (C=O) groups is 1. The first-order valence-electron chi connectivity index (χ1n) is 9.89. The van der Waals surface area contributed by atoms with Crippen LogP contribution in [0.4, 0.5) is 13.6 Å². The summed E-state index contributed by atoms with van der Waals surface area (Å²) in [7, 11) is -4.59. The van der Waals surface area contributed by atoms with Crippen molar-refractivity contribution in [3.05, 3.63) is 71.4 Å². The molecular formula is C21H22F2N4O5S. The first kappa shape index (κ1) is 24.1. The highest BCUT2D eigenvalue weighted by molar-refractivity contribution is 7.87. The zero-order valence-corrected chi connectivity index (χ0v) is 18.7. The third kappa shape index (κ3) is 6.04. The monoisotopic (exact) mass is 480 g/mol. The molecule has 0 aliphatic heterocycles. The van der Waals surface area contributed by atoms with Crippen LogP contribution in [0.3, 0.4) is 0 Å². The smallest absolute Gasteiger partial charge is 0.404 e. The minimum atomic E-state index is -4.59. The van der Waals surface area contributed by atoms with E-state index >= 15 is 0 Å². The molecule has 2 aromatic heterocycles. The molecule has 9 nitrogen and oxygen atoms in total. The van der Waals surface area contributed by atoms with Gasteiger partial charge in [0, 0.05) is 30.8 Å². The maximum Gasteiger partial charge on any atom is 0.404 e. The van der Waals surface area contributed by atoms with Gasteiger partial charge in [-0.15, -0.1) is 0 Å². The maximum absolute atomic E-state index is 13.6. The molecule has 0 unspecified atom stereocenters. The van der Waals surface area contributed by atoms with E-state index in [0.717, 1.165) is 12.1 Å². The van der Waals surface area contributed by atoms with Crippen molar-refractivity contribution in [3.8, 4) is 5.75 Å². The van der Waals surface area contributed by atoms with Gasteiger partial charge in [-0.25, -0.2) is 18.6 Å². The number of hydrogen-bond acceptors (Lipinski definition) is 7. The first-order chi connectivity index (χ1) is 15.6. The van der Waals surface area contributed by atoms with Crippen LogP contribution < -0.4 is 9.92 Å². The molecule has 0 aliphatic carbocycles. The van der Waals surface area contributed by atoms with Crippen LogP contribution in [-0.4, -0.2) is 35.7 Å². The van der Waals surface area contributed by atoms with Gasteiger partial charge in [-0.1, -0.05) is 19.9 Å². The number of pyridine rings is 1. The fourth-order valence-corrected chi connectivity index (χ4v) is 4.54. The average molecular weight is 480 g/mol. The molecule has 3 aromatic rings. The van der Waals surface area contributed by atoms with Gasteiger partial charge in [-0.3, -0.25) is 4.98 Å². The third-order valence-corrected chi connectivity index (χ3v) is 5.78. The van der Waals surface area contributed by atoms with E-state index < -0.39 is 33.6 Å². The second kappa shape index (κ2) is 9.94. The second-order valence-corrected chi connectivity index (χ2v) is 8.80. The van der Waals surface area contributed by atoms with Crippen LogP contribution in [0.2, 0.25) is 0 Å². The average Bonchev–Trinajstić information content (AvgIpc) is 3.07. The highest BCUT2D eigenvalue weighted by atomic mass is 32.2. The van der Waals surface area contributed by atoms with Crippen LogP contribution in [0.1, 0.15) is 37.0 Å². The molecule has 0 fully saturated rings. The standard InChI is InChI=1S/C21H22F2N4O5S/c1-13(2)19-20(33(29,30)32-17-10-14(22)9-15(23)11-17)27(12-16-5-3-4-7-25-16)18(26-19)6-8-31-21(24)28/h3-5,7,9-11,13H,6,8,12H2,1-2H3,(H2,24,28). The van der Waals surface area contributed by atoms with E-state index in [9.17, 15) is 22.0 Å². The number of aromatic nitrogens is 3. The van der Waals surface area contributed by atoms with Gasteiger partial charge >= 0.3 is 16.2 Å². The summed E-state index contributed by atoms with van der Waals surface area (Å²) in [5.41, 5.74) is 5.71. The maximum atomic E-state index is 13.6. The number of nitrogens with zero attached hydrogens (tertiary/aromatic N) is 3. The van der Waals surface area contributed by atoms with Gasteiger partial charge in [0.2, 0.25) is 0 Å². The summed E-state index contributed by atoms with van der Waals surface area (Å²) >= 11 is 0. The number of ether oxygens (including phenoxy) is 1. The molecule has 0 spiro atoms. The topological polar surface area (TPSA) is 126 Å². The van der Waals surface area contributed by atoms with Gasteiger partial charge in [-0.2, -0.15) is 8.42 Å². The third-order valence-electron chi connectivity index (χ3n) is 4.47. The largest absolute Gasteiger partial charge is 0.449 e. The highest BCUT2D eigenvalue weighted by Crippen LogP contribution is 2.29. The Labute approximate surface area is 189 Å². The lowest BCUT2D eigenvalue weighted by Gasteiger charge is -2.14. The molecule has 1 aromatic carbocycles. The van der Waals surface area contributed by atoms with Crippen molar-refractivity contribution in [2.75, 3.05) is 6.61 Å². The summed E-state index contributed by atoms with van der Waals surface area (Å²) in [5.74, 6) is -2.58. The van der Waals surface area contributed by atoms with Crippen LogP contribution >= 0.6 is 0 Å².